The summed E-state index contributed by atoms with van der Waals surface area (Å²) in [5.74, 6) is -0.838. The zero-order valence-corrected chi connectivity index (χ0v) is 11.4. The van der Waals surface area contributed by atoms with E-state index in [0.29, 0.717) is 5.56 Å². The van der Waals surface area contributed by atoms with E-state index in [-0.39, 0.29) is 0 Å². The minimum absolute atomic E-state index is 0.459. The van der Waals surface area contributed by atoms with Crippen molar-refractivity contribution in [2.24, 2.45) is 0 Å². The zero-order valence-electron chi connectivity index (χ0n) is 11.4. The van der Waals surface area contributed by atoms with Gasteiger partial charge < -0.3 is 5.11 Å². The van der Waals surface area contributed by atoms with E-state index in [2.05, 4.69) is 13.0 Å². The van der Waals surface area contributed by atoms with Crippen LogP contribution in [0.15, 0.2) is 48.5 Å². The van der Waals surface area contributed by atoms with Crippen molar-refractivity contribution in [3.63, 3.8) is 0 Å². The average molecular weight is 264 g/mol. The van der Waals surface area contributed by atoms with Crippen molar-refractivity contribution in [2.75, 3.05) is 0 Å². The lowest BCUT2D eigenvalue weighted by Gasteiger charge is -2.14. The molecule has 3 rings (SSSR count). The Hall–Kier alpha value is -2.35. The maximum atomic E-state index is 11.8. The Labute approximate surface area is 117 Å². The van der Waals surface area contributed by atoms with Gasteiger partial charge in [0.05, 0.1) is 5.56 Å². The maximum absolute atomic E-state index is 11.8. The average Bonchev–Trinajstić information content (AvgIpc) is 2.47. The quantitative estimate of drug-likeness (QED) is 0.699. The molecule has 0 aromatic heterocycles. The van der Waals surface area contributed by atoms with Crippen LogP contribution in [0.3, 0.4) is 0 Å². The van der Waals surface area contributed by atoms with Crippen LogP contribution in [0.2, 0.25) is 0 Å². The van der Waals surface area contributed by atoms with Gasteiger partial charge in [-0.2, -0.15) is 0 Å². The van der Waals surface area contributed by atoms with Crippen LogP contribution in [0.1, 0.15) is 29.3 Å². The summed E-state index contributed by atoms with van der Waals surface area (Å²) in [6, 6.07) is 15.8. The molecule has 0 bridgehead atoms. The maximum Gasteiger partial charge on any atom is 0.336 e. The van der Waals surface area contributed by atoms with E-state index >= 15 is 0 Å². The summed E-state index contributed by atoms with van der Waals surface area (Å²) >= 11 is 0. The Balaban J connectivity index is 2.58. The number of carbonyl (C=O) groups is 1. The molecular weight excluding hydrogens is 248 g/mol. The Morgan fingerprint density at radius 3 is 1.95 bits per heavy atom. The fourth-order valence-electron chi connectivity index (χ4n) is 2.97. The molecule has 100 valence electrons. The molecule has 0 fully saturated rings. The molecule has 3 aromatic rings. The Kier molecular flexibility index (Phi) is 3.15. The van der Waals surface area contributed by atoms with E-state index in [9.17, 15) is 9.90 Å². The van der Waals surface area contributed by atoms with Crippen molar-refractivity contribution >= 4 is 27.5 Å². The highest BCUT2D eigenvalue weighted by molar-refractivity contribution is 6.17. The molecule has 2 heteroatoms. The first-order chi connectivity index (χ1) is 9.74. The summed E-state index contributed by atoms with van der Waals surface area (Å²) in [6.07, 6.45) is 1.72. The monoisotopic (exact) mass is 264 g/mol. The van der Waals surface area contributed by atoms with Gasteiger partial charge in [-0.05, 0) is 33.5 Å². The van der Waals surface area contributed by atoms with Crippen LogP contribution in [0, 0.1) is 0 Å². The van der Waals surface area contributed by atoms with Gasteiger partial charge in [0.1, 0.15) is 0 Å². The first-order valence-electron chi connectivity index (χ1n) is 6.89. The molecule has 0 radical (unpaired) electrons. The van der Waals surface area contributed by atoms with Gasteiger partial charge in [0.15, 0.2) is 0 Å². The molecule has 3 aromatic carbocycles. The third kappa shape index (κ3) is 1.85. The van der Waals surface area contributed by atoms with Crippen molar-refractivity contribution in [3.8, 4) is 0 Å². The van der Waals surface area contributed by atoms with Crippen LogP contribution in [0.5, 0.6) is 0 Å². The Morgan fingerprint density at radius 1 is 0.900 bits per heavy atom. The second-order valence-corrected chi connectivity index (χ2v) is 5.00. The summed E-state index contributed by atoms with van der Waals surface area (Å²) < 4.78 is 0. The van der Waals surface area contributed by atoms with Crippen LogP contribution in [-0.4, -0.2) is 11.1 Å². The Bertz CT molecular complexity index is 803. The summed E-state index contributed by atoms with van der Waals surface area (Å²) in [7, 11) is 0. The number of rotatable bonds is 3. The molecule has 0 spiro atoms. The highest BCUT2D eigenvalue weighted by Gasteiger charge is 2.18. The second kappa shape index (κ2) is 4.97. The van der Waals surface area contributed by atoms with Crippen LogP contribution in [-0.2, 0) is 6.42 Å². The van der Waals surface area contributed by atoms with Crippen LogP contribution >= 0.6 is 0 Å². The van der Waals surface area contributed by atoms with Gasteiger partial charge in [-0.15, -0.1) is 0 Å². The molecule has 0 aliphatic rings. The molecule has 0 saturated heterocycles. The minimum atomic E-state index is -0.838. The molecule has 0 saturated carbocycles. The lowest BCUT2D eigenvalue weighted by atomic mass is 9.89. The SMILES string of the molecule is CCCc1c(C(=O)O)c2ccccc2c2ccccc12. The van der Waals surface area contributed by atoms with E-state index in [4.69, 9.17) is 0 Å². The zero-order chi connectivity index (χ0) is 14.1. The van der Waals surface area contributed by atoms with Gasteiger partial charge in [0.2, 0.25) is 0 Å². The fourth-order valence-corrected chi connectivity index (χ4v) is 2.97. The van der Waals surface area contributed by atoms with E-state index in [1.165, 1.54) is 0 Å². The number of hydrogen-bond acceptors (Lipinski definition) is 1. The van der Waals surface area contributed by atoms with Crippen molar-refractivity contribution in [1.29, 1.82) is 0 Å². The lowest BCUT2D eigenvalue weighted by Crippen LogP contribution is -2.05. The third-order valence-electron chi connectivity index (χ3n) is 3.75. The number of aromatic carboxylic acids is 1. The van der Waals surface area contributed by atoms with E-state index in [0.717, 1.165) is 39.9 Å². The second-order valence-electron chi connectivity index (χ2n) is 5.00. The summed E-state index contributed by atoms with van der Waals surface area (Å²) in [4.78, 5) is 11.8. The number of aryl methyl sites for hydroxylation is 1. The minimum Gasteiger partial charge on any atom is -0.478 e. The summed E-state index contributed by atoms with van der Waals surface area (Å²) in [6.45, 7) is 2.08. The first-order valence-corrected chi connectivity index (χ1v) is 6.89. The molecule has 0 aliphatic heterocycles. The van der Waals surface area contributed by atoms with Crippen molar-refractivity contribution < 1.29 is 9.90 Å². The third-order valence-corrected chi connectivity index (χ3v) is 3.75. The number of hydrogen-bond donors (Lipinski definition) is 1. The first kappa shape index (κ1) is 12.7. The lowest BCUT2D eigenvalue weighted by molar-refractivity contribution is 0.0698. The molecule has 0 unspecified atom stereocenters. The molecule has 0 aliphatic carbocycles. The fraction of sp³-hybridized carbons (Fsp3) is 0.167. The highest BCUT2D eigenvalue weighted by Crippen LogP contribution is 2.33. The van der Waals surface area contributed by atoms with Crippen molar-refractivity contribution in [1.82, 2.24) is 0 Å². The molecule has 1 N–H and O–H groups in total. The largest absolute Gasteiger partial charge is 0.478 e. The van der Waals surface area contributed by atoms with Crippen LogP contribution < -0.4 is 0 Å². The molecule has 2 nitrogen and oxygen atoms in total. The van der Waals surface area contributed by atoms with E-state index < -0.39 is 5.97 Å². The number of fused-ring (bicyclic) bond motifs is 3. The van der Waals surface area contributed by atoms with Crippen LogP contribution in [0.4, 0.5) is 0 Å². The predicted molar refractivity (Wildman–Crippen MR) is 82.4 cm³/mol. The standard InChI is InChI=1S/C18H16O2/c1-2-7-15-13-9-4-3-8-12(13)14-10-5-6-11-16(14)17(15)18(19)20/h3-6,8-11H,2,7H2,1H3,(H,19,20). The number of carboxylic acid groups (broad SMARTS) is 1. The van der Waals surface area contributed by atoms with Gasteiger partial charge in [-0.25, -0.2) is 4.79 Å². The van der Waals surface area contributed by atoms with Gasteiger partial charge in [0, 0.05) is 0 Å². The Morgan fingerprint density at radius 2 is 1.40 bits per heavy atom. The summed E-state index contributed by atoms with van der Waals surface area (Å²) in [5, 5.41) is 13.7. The molecular formula is C18H16O2. The van der Waals surface area contributed by atoms with Gasteiger partial charge >= 0.3 is 5.97 Å². The van der Waals surface area contributed by atoms with E-state index in [1.807, 2.05) is 42.5 Å². The van der Waals surface area contributed by atoms with Crippen molar-refractivity contribution in [3.05, 3.63) is 59.7 Å². The van der Waals surface area contributed by atoms with Gasteiger partial charge in [-0.3, -0.25) is 0 Å². The molecule has 0 heterocycles. The number of carboxylic acids is 1. The topological polar surface area (TPSA) is 37.3 Å². The van der Waals surface area contributed by atoms with Crippen molar-refractivity contribution in [2.45, 2.75) is 19.8 Å². The normalized spacial score (nSPS) is 11.1. The smallest absolute Gasteiger partial charge is 0.336 e. The molecule has 20 heavy (non-hydrogen) atoms. The van der Waals surface area contributed by atoms with Gasteiger partial charge in [0.25, 0.3) is 0 Å². The van der Waals surface area contributed by atoms with E-state index in [1.54, 1.807) is 0 Å². The highest BCUT2D eigenvalue weighted by atomic mass is 16.4. The molecule has 0 atom stereocenters. The van der Waals surface area contributed by atoms with Crippen LogP contribution in [0.25, 0.3) is 21.5 Å². The predicted octanol–water partition coefficient (Wildman–Crippen LogP) is 4.64. The number of benzene rings is 3. The molecule has 0 amide bonds. The van der Waals surface area contributed by atoms with Gasteiger partial charge in [-0.1, -0.05) is 61.9 Å². The summed E-state index contributed by atoms with van der Waals surface area (Å²) in [5.41, 5.74) is 1.41.